The van der Waals surface area contributed by atoms with E-state index in [9.17, 15) is 9.90 Å². The molecule has 3 heterocycles. The highest BCUT2D eigenvalue weighted by molar-refractivity contribution is 7.99. The lowest BCUT2D eigenvalue weighted by Gasteiger charge is -2.29. The van der Waals surface area contributed by atoms with Crippen LogP contribution >= 0.6 is 11.8 Å². The Bertz CT molecular complexity index is 1540. The maximum atomic E-state index is 11.3. The average Bonchev–Trinajstić information content (AvgIpc) is 2.99. The zero-order valence-corrected chi connectivity index (χ0v) is 22.6. The molecule has 1 aromatic heterocycles. The number of hydrogen-bond acceptors (Lipinski definition) is 8. The molecular formula is C30H27N3O6S. The lowest BCUT2D eigenvalue weighted by atomic mass is 10.1. The van der Waals surface area contributed by atoms with Gasteiger partial charge < -0.3 is 29.0 Å². The number of para-hydroxylation sites is 1. The average molecular weight is 558 g/mol. The molecule has 4 aromatic rings. The zero-order chi connectivity index (χ0) is 27.5. The molecule has 3 aromatic carbocycles. The summed E-state index contributed by atoms with van der Waals surface area (Å²) in [7, 11) is 1.64. The third kappa shape index (κ3) is 5.49. The van der Waals surface area contributed by atoms with Crippen molar-refractivity contribution >= 4 is 29.2 Å². The monoisotopic (exact) mass is 557 g/mol. The fourth-order valence-corrected chi connectivity index (χ4v) is 5.67. The summed E-state index contributed by atoms with van der Waals surface area (Å²) in [5.41, 5.74) is 4.01. The first-order valence-corrected chi connectivity index (χ1v) is 13.6. The minimum atomic E-state index is -1.13. The van der Waals surface area contributed by atoms with Crippen molar-refractivity contribution in [2.24, 2.45) is 0 Å². The molecule has 10 heteroatoms. The first-order chi connectivity index (χ1) is 19.6. The lowest BCUT2D eigenvalue weighted by Crippen LogP contribution is -2.36. The largest absolute Gasteiger partial charge is 0.497 e. The summed E-state index contributed by atoms with van der Waals surface area (Å²) in [5, 5.41) is 11.7. The molecule has 1 saturated heterocycles. The lowest BCUT2D eigenvalue weighted by molar-refractivity contribution is 0.122. The maximum absolute atomic E-state index is 11.3. The first kappa shape index (κ1) is 25.8. The van der Waals surface area contributed by atoms with Gasteiger partial charge in [-0.1, -0.05) is 36.0 Å². The normalized spacial score (nSPS) is 14.0. The van der Waals surface area contributed by atoms with Gasteiger partial charge >= 0.3 is 6.09 Å². The van der Waals surface area contributed by atoms with E-state index in [0.717, 1.165) is 46.2 Å². The summed E-state index contributed by atoms with van der Waals surface area (Å²) < 4.78 is 23.4. The standard InChI is InChI=1S/C30H27N3O6S/c1-36-21-10-8-19(9-11-21)18-38-27-17-20(33-12-14-37-15-13-33)16-24(31-27)22-4-2-7-26-28(22)39-25-6-3-5-23(29(25)40-26)32-30(34)35/h2-11,16-17,32H,12-15,18H2,1H3,(H,34,35). The topological polar surface area (TPSA) is 102 Å². The molecule has 1 amide bonds. The molecule has 9 nitrogen and oxygen atoms in total. The van der Waals surface area contributed by atoms with Crippen LogP contribution in [0.2, 0.25) is 0 Å². The highest BCUT2D eigenvalue weighted by Crippen LogP contribution is 2.53. The number of hydrogen-bond donors (Lipinski definition) is 2. The number of benzene rings is 3. The smallest absolute Gasteiger partial charge is 0.409 e. The number of carbonyl (C=O) groups is 1. The summed E-state index contributed by atoms with van der Waals surface area (Å²) in [6.07, 6.45) is -1.13. The van der Waals surface area contributed by atoms with Crippen molar-refractivity contribution in [3.05, 3.63) is 78.4 Å². The number of fused-ring (bicyclic) bond motifs is 2. The van der Waals surface area contributed by atoms with Crippen LogP contribution < -0.4 is 24.4 Å². The number of nitrogens with zero attached hydrogens (tertiary/aromatic N) is 2. The second kappa shape index (κ2) is 11.4. The molecule has 6 rings (SSSR count). The van der Waals surface area contributed by atoms with E-state index in [-0.39, 0.29) is 0 Å². The third-order valence-electron chi connectivity index (χ3n) is 6.61. The molecule has 0 bridgehead atoms. The van der Waals surface area contributed by atoms with Crippen LogP contribution in [0, 0.1) is 0 Å². The second-order valence-electron chi connectivity index (χ2n) is 9.18. The van der Waals surface area contributed by atoms with Crippen LogP contribution in [0.15, 0.2) is 82.6 Å². The van der Waals surface area contributed by atoms with Crippen LogP contribution in [-0.2, 0) is 11.3 Å². The van der Waals surface area contributed by atoms with Crippen LogP contribution in [0.3, 0.4) is 0 Å². The Hall–Kier alpha value is -4.41. The molecule has 2 aliphatic heterocycles. The van der Waals surface area contributed by atoms with E-state index in [4.69, 9.17) is 23.9 Å². The second-order valence-corrected chi connectivity index (χ2v) is 10.2. The van der Waals surface area contributed by atoms with E-state index < -0.39 is 6.09 Å². The Morgan fingerprint density at radius 2 is 1.88 bits per heavy atom. The van der Waals surface area contributed by atoms with Crippen LogP contribution in [-0.4, -0.2) is 49.6 Å². The van der Waals surface area contributed by atoms with Gasteiger partial charge in [-0.05, 0) is 48.0 Å². The number of rotatable bonds is 7. The summed E-state index contributed by atoms with van der Waals surface area (Å²) in [6, 6.07) is 22.9. The van der Waals surface area contributed by atoms with Gasteiger partial charge in [-0.3, -0.25) is 5.32 Å². The molecular weight excluding hydrogens is 530 g/mol. The Kier molecular flexibility index (Phi) is 7.35. The van der Waals surface area contributed by atoms with Crippen molar-refractivity contribution in [3.8, 4) is 34.4 Å². The Morgan fingerprint density at radius 1 is 1.07 bits per heavy atom. The van der Waals surface area contributed by atoms with Crippen LogP contribution in [0.25, 0.3) is 11.3 Å². The van der Waals surface area contributed by atoms with Crippen molar-refractivity contribution in [1.82, 2.24) is 4.98 Å². The first-order valence-electron chi connectivity index (χ1n) is 12.8. The van der Waals surface area contributed by atoms with Crippen molar-refractivity contribution in [2.45, 2.75) is 16.4 Å². The number of methoxy groups -OCH3 is 1. The number of nitrogens with one attached hydrogen (secondary N) is 1. The van der Waals surface area contributed by atoms with Gasteiger partial charge in [-0.15, -0.1) is 0 Å². The van der Waals surface area contributed by atoms with Crippen LogP contribution in [0.1, 0.15) is 5.56 Å². The molecule has 0 spiro atoms. The fourth-order valence-electron chi connectivity index (χ4n) is 4.62. The van der Waals surface area contributed by atoms with Crippen molar-refractivity contribution in [2.75, 3.05) is 43.6 Å². The van der Waals surface area contributed by atoms with E-state index in [1.165, 1.54) is 11.8 Å². The van der Waals surface area contributed by atoms with Gasteiger partial charge in [-0.2, -0.15) is 0 Å². The molecule has 0 saturated carbocycles. The number of amides is 1. The molecule has 0 unspecified atom stereocenters. The maximum Gasteiger partial charge on any atom is 0.409 e. The SMILES string of the molecule is COc1ccc(COc2cc(N3CCOCC3)cc(-c3cccc4c3Oc3cccc(NC(=O)O)c3S4)n2)cc1. The number of anilines is 2. The van der Waals surface area contributed by atoms with E-state index in [1.54, 1.807) is 19.2 Å². The predicted molar refractivity (Wildman–Crippen MR) is 152 cm³/mol. The Labute approximate surface area is 235 Å². The van der Waals surface area contributed by atoms with Crippen LogP contribution in [0.5, 0.6) is 23.1 Å². The van der Waals surface area contributed by atoms with Crippen molar-refractivity contribution in [1.29, 1.82) is 0 Å². The molecule has 0 aliphatic carbocycles. The zero-order valence-electron chi connectivity index (χ0n) is 21.8. The van der Waals surface area contributed by atoms with E-state index in [2.05, 4.69) is 10.2 Å². The summed E-state index contributed by atoms with van der Waals surface area (Å²) in [6.45, 7) is 3.21. The molecule has 40 heavy (non-hydrogen) atoms. The summed E-state index contributed by atoms with van der Waals surface area (Å²) in [4.78, 5) is 20.0. The van der Waals surface area contributed by atoms with Gasteiger partial charge in [0.2, 0.25) is 5.88 Å². The number of pyridine rings is 1. The predicted octanol–water partition coefficient (Wildman–Crippen LogP) is 6.52. The van der Waals surface area contributed by atoms with Gasteiger partial charge in [0.25, 0.3) is 0 Å². The summed E-state index contributed by atoms with van der Waals surface area (Å²) in [5.74, 6) is 2.54. The van der Waals surface area contributed by atoms with Crippen molar-refractivity contribution in [3.63, 3.8) is 0 Å². The quantitative estimate of drug-likeness (QED) is 0.232. The fraction of sp³-hybridized carbons (Fsp3) is 0.200. The molecule has 2 aliphatic rings. The highest BCUT2D eigenvalue weighted by Gasteiger charge is 2.25. The summed E-state index contributed by atoms with van der Waals surface area (Å²) >= 11 is 1.46. The number of carboxylic acid groups (broad SMARTS) is 1. The van der Waals surface area contributed by atoms with Gasteiger partial charge in [-0.25, -0.2) is 9.78 Å². The van der Waals surface area contributed by atoms with Crippen molar-refractivity contribution < 1.29 is 28.8 Å². The van der Waals surface area contributed by atoms with E-state index in [1.807, 2.05) is 60.7 Å². The minimum Gasteiger partial charge on any atom is -0.497 e. The molecule has 2 N–H and O–H groups in total. The molecule has 0 radical (unpaired) electrons. The minimum absolute atomic E-state index is 0.356. The molecule has 204 valence electrons. The van der Waals surface area contributed by atoms with E-state index >= 15 is 0 Å². The Balaban J connectivity index is 1.35. The Morgan fingerprint density at radius 3 is 2.65 bits per heavy atom. The molecule has 0 atom stereocenters. The van der Waals surface area contributed by atoms with Gasteiger partial charge in [0.05, 0.1) is 41.5 Å². The van der Waals surface area contributed by atoms with Crippen LogP contribution in [0.4, 0.5) is 16.2 Å². The van der Waals surface area contributed by atoms with Gasteiger partial charge in [0, 0.05) is 30.4 Å². The third-order valence-corrected chi connectivity index (χ3v) is 7.77. The molecule has 1 fully saturated rings. The van der Waals surface area contributed by atoms with Gasteiger partial charge in [0.1, 0.15) is 18.1 Å². The number of morpholine rings is 1. The van der Waals surface area contributed by atoms with Gasteiger partial charge in [0.15, 0.2) is 5.75 Å². The highest BCUT2D eigenvalue weighted by atomic mass is 32.2. The van der Waals surface area contributed by atoms with E-state index in [0.29, 0.717) is 47.8 Å². The number of aromatic nitrogens is 1. The number of ether oxygens (including phenoxy) is 4.